The van der Waals surface area contributed by atoms with Gasteiger partial charge in [-0.1, -0.05) is 0 Å². The number of nitrogens with zero attached hydrogens (tertiary/aromatic N) is 3. The number of nitrogens with one attached hydrogen (secondary N) is 3. The first-order valence-corrected chi connectivity index (χ1v) is 5.40. The molecule has 0 aliphatic heterocycles. The summed E-state index contributed by atoms with van der Waals surface area (Å²) in [6.45, 7) is 0.0620. The molecule has 4 N–H and O–H groups in total. The lowest BCUT2D eigenvalue weighted by Crippen LogP contribution is -2.28. The standard InChI is InChI=1S/C10H12N6O3/c17-9(18)5-16-4-8(3-14-16)15-10(19)12-2-7-1-11-6-13-7/h1,3-4,6H,2,5H2,(H,11,13)(H,17,18)(H2,12,15,19). The Hall–Kier alpha value is -2.84. The number of amides is 2. The Bertz CT molecular complexity index is 562. The molecule has 0 aliphatic carbocycles. The number of carbonyl (C=O) groups excluding carboxylic acids is 1. The normalized spacial score (nSPS) is 10.1. The number of carboxylic acid groups (broad SMARTS) is 1. The molecule has 0 saturated carbocycles. The van der Waals surface area contributed by atoms with Gasteiger partial charge in [0.15, 0.2) is 0 Å². The smallest absolute Gasteiger partial charge is 0.325 e. The van der Waals surface area contributed by atoms with Gasteiger partial charge in [0.25, 0.3) is 0 Å². The molecule has 0 spiro atoms. The summed E-state index contributed by atoms with van der Waals surface area (Å²) in [4.78, 5) is 28.7. The van der Waals surface area contributed by atoms with E-state index in [1.54, 1.807) is 6.20 Å². The highest BCUT2D eigenvalue weighted by Crippen LogP contribution is 2.04. The van der Waals surface area contributed by atoms with Crippen molar-refractivity contribution in [1.29, 1.82) is 0 Å². The number of hydrogen-bond acceptors (Lipinski definition) is 4. The SMILES string of the molecule is O=C(O)Cn1cc(NC(=O)NCc2cnc[nH]2)cn1. The Morgan fingerprint density at radius 1 is 1.42 bits per heavy atom. The van der Waals surface area contributed by atoms with Crippen molar-refractivity contribution in [3.63, 3.8) is 0 Å². The quantitative estimate of drug-likeness (QED) is 0.605. The zero-order valence-electron chi connectivity index (χ0n) is 9.83. The van der Waals surface area contributed by atoms with E-state index in [9.17, 15) is 9.59 Å². The van der Waals surface area contributed by atoms with Gasteiger partial charge in [-0.3, -0.25) is 9.48 Å². The molecule has 0 atom stereocenters. The first kappa shape index (κ1) is 12.6. The van der Waals surface area contributed by atoms with Crippen molar-refractivity contribution in [3.05, 3.63) is 30.6 Å². The third kappa shape index (κ3) is 3.84. The van der Waals surface area contributed by atoms with Crippen LogP contribution >= 0.6 is 0 Å². The highest BCUT2D eigenvalue weighted by atomic mass is 16.4. The summed E-state index contributed by atoms with van der Waals surface area (Å²) in [5.41, 5.74) is 1.19. The highest BCUT2D eigenvalue weighted by Gasteiger charge is 2.06. The monoisotopic (exact) mass is 264 g/mol. The molecule has 9 heteroatoms. The van der Waals surface area contributed by atoms with Crippen molar-refractivity contribution in [2.75, 3.05) is 5.32 Å². The fraction of sp³-hybridized carbons (Fsp3) is 0.200. The van der Waals surface area contributed by atoms with Crippen LogP contribution in [-0.2, 0) is 17.9 Å². The Morgan fingerprint density at radius 2 is 2.26 bits per heavy atom. The third-order valence-corrected chi connectivity index (χ3v) is 2.18. The number of carboxylic acids is 1. The predicted octanol–water partition coefficient (Wildman–Crippen LogP) is 0.0125. The van der Waals surface area contributed by atoms with Gasteiger partial charge in [-0.2, -0.15) is 5.10 Å². The maximum atomic E-state index is 11.5. The highest BCUT2D eigenvalue weighted by molar-refractivity contribution is 5.88. The number of rotatable bonds is 5. The molecule has 0 aromatic carbocycles. The molecule has 0 saturated heterocycles. The molecule has 0 radical (unpaired) electrons. The second kappa shape index (κ2) is 5.67. The van der Waals surface area contributed by atoms with E-state index < -0.39 is 12.0 Å². The van der Waals surface area contributed by atoms with Crippen LogP contribution in [-0.4, -0.2) is 36.9 Å². The summed E-state index contributed by atoms with van der Waals surface area (Å²) in [6.07, 6.45) is 5.93. The van der Waals surface area contributed by atoms with Gasteiger partial charge in [0.1, 0.15) is 6.54 Å². The molecule has 2 heterocycles. The van der Waals surface area contributed by atoms with E-state index in [1.165, 1.54) is 23.4 Å². The average Bonchev–Trinajstić information content (AvgIpc) is 2.97. The van der Waals surface area contributed by atoms with Gasteiger partial charge in [0.2, 0.25) is 0 Å². The van der Waals surface area contributed by atoms with Crippen molar-refractivity contribution >= 4 is 17.7 Å². The molecular weight excluding hydrogens is 252 g/mol. The van der Waals surface area contributed by atoms with Crippen LogP contribution in [0.1, 0.15) is 5.69 Å². The van der Waals surface area contributed by atoms with Crippen LogP contribution in [0.15, 0.2) is 24.9 Å². The molecule has 0 fully saturated rings. The second-order valence-electron chi connectivity index (χ2n) is 3.70. The molecule has 19 heavy (non-hydrogen) atoms. The summed E-state index contributed by atoms with van der Waals surface area (Å²) >= 11 is 0. The van der Waals surface area contributed by atoms with Gasteiger partial charge < -0.3 is 20.7 Å². The fourth-order valence-electron chi connectivity index (χ4n) is 1.39. The maximum Gasteiger partial charge on any atom is 0.325 e. The summed E-state index contributed by atoms with van der Waals surface area (Å²) in [5.74, 6) is -1.00. The Labute approximate surface area is 107 Å². The zero-order chi connectivity index (χ0) is 13.7. The zero-order valence-corrected chi connectivity index (χ0v) is 9.83. The van der Waals surface area contributed by atoms with E-state index >= 15 is 0 Å². The lowest BCUT2D eigenvalue weighted by atomic mass is 10.5. The van der Waals surface area contributed by atoms with E-state index in [1.807, 2.05) is 0 Å². The van der Waals surface area contributed by atoms with Crippen LogP contribution in [0.5, 0.6) is 0 Å². The van der Waals surface area contributed by atoms with Gasteiger partial charge in [0.05, 0.1) is 30.5 Å². The van der Waals surface area contributed by atoms with Gasteiger partial charge in [-0.25, -0.2) is 9.78 Å². The summed E-state index contributed by atoms with van der Waals surface area (Å²) in [7, 11) is 0. The Morgan fingerprint density at radius 3 is 2.95 bits per heavy atom. The molecule has 9 nitrogen and oxygen atoms in total. The minimum absolute atomic E-state index is 0.253. The van der Waals surface area contributed by atoms with Gasteiger partial charge in [-0.05, 0) is 0 Å². The fourth-order valence-corrected chi connectivity index (χ4v) is 1.39. The Balaban J connectivity index is 1.81. The summed E-state index contributed by atoms with van der Waals surface area (Å²) in [5, 5.41) is 17.5. The number of H-pyrrole nitrogens is 1. The summed E-state index contributed by atoms with van der Waals surface area (Å²) in [6, 6.07) is -0.413. The van der Waals surface area contributed by atoms with Gasteiger partial charge >= 0.3 is 12.0 Å². The van der Waals surface area contributed by atoms with E-state index in [2.05, 4.69) is 25.7 Å². The molecule has 2 rings (SSSR count). The molecule has 0 unspecified atom stereocenters. The van der Waals surface area contributed by atoms with Crippen molar-refractivity contribution in [3.8, 4) is 0 Å². The van der Waals surface area contributed by atoms with Crippen LogP contribution < -0.4 is 10.6 Å². The van der Waals surface area contributed by atoms with E-state index in [-0.39, 0.29) is 6.54 Å². The number of urea groups is 1. The molecule has 0 aliphatic rings. The van der Waals surface area contributed by atoms with E-state index in [0.29, 0.717) is 12.2 Å². The minimum Gasteiger partial charge on any atom is -0.480 e. The topological polar surface area (TPSA) is 125 Å². The molecule has 2 aromatic rings. The third-order valence-electron chi connectivity index (χ3n) is 2.18. The molecular formula is C10H12N6O3. The van der Waals surface area contributed by atoms with Gasteiger partial charge in [-0.15, -0.1) is 0 Å². The summed E-state index contributed by atoms with van der Waals surface area (Å²) < 4.78 is 1.22. The van der Waals surface area contributed by atoms with Gasteiger partial charge in [0, 0.05) is 12.4 Å². The van der Waals surface area contributed by atoms with Crippen molar-refractivity contribution in [2.24, 2.45) is 0 Å². The second-order valence-corrected chi connectivity index (χ2v) is 3.70. The van der Waals surface area contributed by atoms with Crippen LogP contribution in [0, 0.1) is 0 Å². The maximum absolute atomic E-state index is 11.5. The number of anilines is 1. The number of aliphatic carboxylic acids is 1. The van der Waals surface area contributed by atoms with E-state index in [4.69, 9.17) is 5.11 Å². The van der Waals surface area contributed by atoms with Crippen molar-refractivity contribution in [2.45, 2.75) is 13.1 Å². The van der Waals surface area contributed by atoms with E-state index in [0.717, 1.165) is 5.69 Å². The van der Waals surface area contributed by atoms with Crippen LogP contribution in [0.4, 0.5) is 10.5 Å². The van der Waals surface area contributed by atoms with Crippen molar-refractivity contribution in [1.82, 2.24) is 25.1 Å². The average molecular weight is 264 g/mol. The minimum atomic E-state index is -1.00. The molecule has 100 valence electrons. The number of aromatic amines is 1. The lowest BCUT2D eigenvalue weighted by molar-refractivity contribution is -0.137. The lowest BCUT2D eigenvalue weighted by Gasteiger charge is -2.03. The largest absolute Gasteiger partial charge is 0.480 e. The molecule has 2 amide bonds. The first-order chi connectivity index (χ1) is 9.13. The molecule has 2 aromatic heterocycles. The van der Waals surface area contributed by atoms with Crippen LogP contribution in [0.3, 0.4) is 0 Å². The number of imidazole rings is 1. The number of carbonyl (C=O) groups is 2. The van der Waals surface area contributed by atoms with Crippen LogP contribution in [0.2, 0.25) is 0 Å². The number of aromatic nitrogens is 4. The number of hydrogen-bond donors (Lipinski definition) is 4. The first-order valence-electron chi connectivity index (χ1n) is 5.40. The van der Waals surface area contributed by atoms with Crippen molar-refractivity contribution < 1.29 is 14.7 Å². The molecule has 0 bridgehead atoms. The van der Waals surface area contributed by atoms with Crippen LogP contribution in [0.25, 0.3) is 0 Å². The predicted molar refractivity (Wildman–Crippen MR) is 64.3 cm³/mol. The Kier molecular flexibility index (Phi) is 3.76.